The predicted octanol–water partition coefficient (Wildman–Crippen LogP) is 4.05. The zero-order valence-electron chi connectivity index (χ0n) is 16.5. The molecule has 1 aliphatic heterocycles. The Morgan fingerprint density at radius 3 is 2.60 bits per heavy atom. The fourth-order valence-corrected chi connectivity index (χ4v) is 5.36. The third-order valence-electron chi connectivity index (χ3n) is 4.93. The molecule has 7 nitrogen and oxygen atoms in total. The van der Waals surface area contributed by atoms with Gasteiger partial charge in [-0.05, 0) is 43.2 Å². The summed E-state index contributed by atoms with van der Waals surface area (Å²) in [6.45, 7) is 0.358. The molecule has 1 N–H and O–H groups in total. The molecule has 0 unspecified atom stereocenters. The van der Waals surface area contributed by atoms with Gasteiger partial charge in [0.2, 0.25) is 15.9 Å². The molecule has 0 aromatic heterocycles. The number of piperidine rings is 1. The number of hydrogen-bond acceptors (Lipinski definition) is 5. The Labute approximate surface area is 185 Å². The van der Waals surface area contributed by atoms with Crippen LogP contribution in [0.1, 0.15) is 12.8 Å². The van der Waals surface area contributed by atoms with Gasteiger partial charge in [-0.1, -0.05) is 23.2 Å². The summed E-state index contributed by atoms with van der Waals surface area (Å²) in [7, 11) is -1.03. The topological polar surface area (TPSA) is 84.9 Å². The van der Waals surface area contributed by atoms with Gasteiger partial charge in [-0.2, -0.15) is 4.31 Å². The van der Waals surface area contributed by atoms with E-state index >= 15 is 0 Å². The number of carbonyl (C=O) groups is 1. The Kier molecular flexibility index (Phi) is 7.13. The Hall–Kier alpha value is -2.00. The van der Waals surface area contributed by atoms with Gasteiger partial charge in [-0.15, -0.1) is 0 Å². The molecule has 10 heteroatoms. The summed E-state index contributed by atoms with van der Waals surface area (Å²) in [6, 6.07) is 9.35. The van der Waals surface area contributed by atoms with E-state index in [-0.39, 0.29) is 23.1 Å². The minimum Gasteiger partial charge on any atom is -0.497 e. The Balaban J connectivity index is 1.81. The zero-order valence-corrected chi connectivity index (χ0v) is 18.9. The van der Waals surface area contributed by atoms with Crippen LogP contribution in [0.2, 0.25) is 10.0 Å². The van der Waals surface area contributed by atoms with Gasteiger partial charge in [0.1, 0.15) is 16.4 Å². The van der Waals surface area contributed by atoms with Crippen LogP contribution in [0.4, 0.5) is 5.69 Å². The molecule has 1 saturated heterocycles. The normalized spacial score (nSPS) is 17.4. The highest BCUT2D eigenvalue weighted by molar-refractivity contribution is 7.89. The number of amides is 1. The molecule has 1 fully saturated rings. The van der Waals surface area contributed by atoms with Crippen molar-refractivity contribution in [2.24, 2.45) is 5.92 Å². The summed E-state index contributed by atoms with van der Waals surface area (Å²) in [6.07, 6.45) is 1.11. The molecule has 162 valence electrons. The van der Waals surface area contributed by atoms with Crippen LogP contribution in [0.5, 0.6) is 11.5 Å². The standard InChI is InChI=1S/C20H22Cl2N2O5S/c1-28-15-6-8-18(29-2)19(11-15)30(26,27)24-9-3-4-13(12-24)20(25)23-17-10-14(21)5-7-16(17)22/h5-8,10-11,13H,3-4,9,12H2,1-2H3,(H,23,25)/t13-/m0/s1. The van der Waals surface area contributed by atoms with E-state index < -0.39 is 15.9 Å². The van der Waals surface area contributed by atoms with Crippen LogP contribution in [0.15, 0.2) is 41.3 Å². The summed E-state index contributed by atoms with van der Waals surface area (Å²) < 4.78 is 38.3. The van der Waals surface area contributed by atoms with Crippen molar-refractivity contribution in [3.63, 3.8) is 0 Å². The lowest BCUT2D eigenvalue weighted by molar-refractivity contribution is -0.120. The van der Waals surface area contributed by atoms with Gasteiger partial charge in [-0.3, -0.25) is 4.79 Å². The molecule has 0 radical (unpaired) electrons. The van der Waals surface area contributed by atoms with E-state index in [9.17, 15) is 13.2 Å². The van der Waals surface area contributed by atoms with Crippen molar-refractivity contribution >= 4 is 44.8 Å². The van der Waals surface area contributed by atoms with Gasteiger partial charge in [0.05, 0.1) is 30.8 Å². The van der Waals surface area contributed by atoms with Crippen LogP contribution in [0.25, 0.3) is 0 Å². The minimum absolute atomic E-state index is 0.00305. The maximum atomic E-state index is 13.3. The molecular weight excluding hydrogens is 451 g/mol. The smallest absolute Gasteiger partial charge is 0.246 e. The average Bonchev–Trinajstić information content (AvgIpc) is 2.75. The van der Waals surface area contributed by atoms with E-state index in [4.69, 9.17) is 32.7 Å². The molecule has 1 amide bonds. The number of carbonyl (C=O) groups excluding carboxylic acids is 1. The SMILES string of the molecule is COc1ccc(OC)c(S(=O)(=O)N2CCC[C@H](C(=O)Nc3cc(Cl)ccc3Cl)C2)c1. The quantitative estimate of drug-likeness (QED) is 0.685. The first kappa shape index (κ1) is 22.7. The fourth-order valence-electron chi connectivity index (χ4n) is 3.33. The van der Waals surface area contributed by atoms with Crippen LogP contribution in [0, 0.1) is 5.92 Å². The maximum absolute atomic E-state index is 13.3. The Morgan fingerprint density at radius 1 is 1.13 bits per heavy atom. The van der Waals surface area contributed by atoms with Crippen molar-refractivity contribution < 1.29 is 22.7 Å². The van der Waals surface area contributed by atoms with Gasteiger partial charge >= 0.3 is 0 Å². The van der Waals surface area contributed by atoms with E-state index in [1.165, 1.54) is 24.6 Å². The second kappa shape index (κ2) is 9.43. The van der Waals surface area contributed by atoms with Crippen LogP contribution in [0.3, 0.4) is 0 Å². The first-order chi connectivity index (χ1) is 14.3. The molecule has 0 aliphatic carbocycles. The molecule has 3 rings (SSSR count). The van der Waals surface area contributed by atoms with Crippen molar-refractivity contribution in [2.75, 3.05) is 32.6 Å². The molecule has 30 heavy (non-hydrogen) atoms. The summed E-state index contributed by atoms with van der Waals surface area (Å²) >= 11 is 12.1. The van der Waals surface area contributed by atoms with Crippen LogP contribution in [-0.4, -0.2) is 45.9 Å². The number of halogens is 2. The summed E-state index contributed by atoms with van der Waals surface area (Å²) in [4.78, 5) is 12.8. The number of methoxy groups -OCH3 is 2. The van der Waals surface area contributed by atoms with Crippen molar-refractivity contribution in [1.29, 1.82) is 0 Å². The zero-order chi connectivity index (χ0) is 21.9. The summed E-state index contributed by atoms with van der Waals surface area (Å²) in [5.74, 6) is -0.221. The highest BCUT2D eigenvalue weighted by Crippen LogP contribution is 2.33. The molecule has 1 aliphatic rings. The number of rotatable bonds is 6. The van der Waals surface area contributed by atoms with E-state index in [1.807, 2.05) is 0 Å². The number of sulfonamides is 1. The molecular formula is C20H22Cl2N2O5S. The number of anilines is 1. The van der Waals surface area contributed by atoms with E-state index in [0.717, 1.165) is 0 Å². The molecule has 0 saturated carbocycles. The first-order valence-electron chi connectivity index (χ1n) is 9.24. The largest absolute Gasteiger partial charge is 0.497 e. The van der Waals surface area contributed by atoms with Gasteiger partial charge in [0, 0.05) is 24.2 Å². The Morgan fingerprint density at radius 2 is 1.90 bits per heavy atom. The van der Waals surface area contributed by atoms with Crippen LogP contribution in [-0.2, 0) is 14.8 Å². The second-order valence-corrected chi connectivity index (χ2v) is 9.58. The third kappa shape index (κ3) is 4.83. The van der Waals surface area contributed by atoms with E-state index in [0.29, 0.717) is 40.9 Å². The van der Waals surface area contributed by atoms with Crippen molar-refractivity contribution in [2.45, 2.75) is 17.7 Å². The fraction of sp³-hybridized carbons (Fsp3) is 0.350. The van der Waals surface area contributed by atoms with Crippen molar-refractivity contribution in [1.82, 2.24) is 4.31 Å². The lowest BCUT2D eigenvalue weighted by Crippen LogP contribution is -2.43. The van der Waals surface area contributed by atoms with Crippen molar-refractivity contribution in [3.05, 3.63) is 46.4 Å². The minimum atomic E-state index is -3.89. The van der Waals surface area contributed by atoms with E-state index in [1.54, 1.807) is 30.3 Å². The average molecular weight is 473 g/mol. The second-order valence-electron chi connectivity index (χ2n) is 6.83. The van der Waals surface area contributed by atoms with Gasteiger partial charge < -0.3 is 14.8 Å². The van der Waals surface area contributed by atoms with Crippen molar-refractivity contribution in [3.8, 4) is 11.5 Å². The number of benzene rings is 2. The van der Waals surface area contributed by atoms with E-state index in [2.05, 4.69) is 5.32 Å². The first-order valence-corrected chi connectivity index (χ1v) is 11.4. The predicted molar refractivity (Wildman–Crippen MR) is 116 cm³/mol. The molecule has 0 spiro atoms. The molecule has 1 heterocycles. The molecule has 0 bridgehead atoms. The van der Waals surface area contributed by atoms with Crippen LogP contribution >= 0.6 is 23.2 Å². The van der Waals surface area contributed by atoms with Gasteiger partial charge in [0.25, 0.3) is 0 Å². The van der Waals surface area contributed by atoms with Crippen LogP contribution < -0.4 is 14.8 Å². The highest BCUT2D eigenvalue weighted by atomic mass is 35.5. The highest BCUT2D eigenvalue weighted by Gasteiger charge is 2.35. The number of ether oxygens (including phenoxy) is 2. The third-order valence-corrected chi connectivity index (χ3v) is 7.38. The van der Waals surface area contributed by atoms with Gasteiger partial charge in [-0.25, -0.2) is 8.42 Å². The monoisotopic (exact) mass is 472 g/mol. The number of nitrogens with zero attached hydrogens (tertiary/aromatic N) is 1. The summed E-state index contributed by atoms with van der Waals surface area (Å²) in [5, 5.41) is 3.55. The maximum Gasteiger partial charge on any atom is 0.246 e. The number of nitrogens with one attached hydrogen (secondary N) is 1. The van der Waals surface area contributed by atoms with Gasteiger partial charge in [0.15, 0.2) is 0 Å². The Bertz CT molecular complexity index is 1050. The molecule has 2 aromatic carbocycles. The lowest BCUT2D eigenvalue weighted by Gasteiger charge is -2.31. The number of hydrogen-bond donors (Lipinski definition) is 1. The molecule has 1 atom stereocenters. The lowest BCUT2D eigenvalue weighted by atomic mass is 9.99. The summed E-state index contributed by atoms with van der Waals surface area (Å²) in [5.41, 5.74) is 0.392. The molecule has 2 aromatic rings.